The highest BCUT2D eigenvalue weighted by atomic mass is 16.5. The van der Waals surface area contributed by atoms with Crippen LogP contribution in [0.4, 0.5) is 0 Å². The highest BCUT2D eigenvalue weighted by Crippen LogP contribution is 2.33. The molecule has 2 N–H and O–H groups in total. The van der Waals surface area contributed by atoms with Crippen LogP contribution in [-0.2, 0) is 4.79 Å². The number of amides is 1. The second-order valence-electron chi connectivity index (χ2n) is 5.47. The largest absolute Gasteiger partial charge is 0.497 e. The standard InChI is InChI=1S/C19H17NO6/c1-23-12-5-6-14(17(8-12)24-2)15-7-11-3-4-13(25-10-18(20)21)9-16(11)26-19(15)22/h3-9H,10H2,1-2H3,(H2,20,21). The van der Waals surface area contributed by atoms with E-state index in [9.17, 15) is 9.59 Å². The smallest absolute Gasteiger partial charge is 0.344 e. The Morgan fingerprint density at radius 2 is 1.77 bits per heavy atom. The summed E-state index contributed by atoms with van der Waals surface area (Å²) in [4.78, 5) is 23.3. The van der Waals surface area contributed by atoms with Gasteiger partial charge in [-0.15, -0.1) is 0 Å². The molecule has 2 aromatic carbocycles. The van der Waals surface area contributed by atoms with Gasteiger partial charge < -0.3 is 24.4 Å². The quantitative estimate of drug-likeness (QED) is 0.681. The van der Waals surface area contributed by atoms with E-state index in [-0.39, 0.29) is 6.61 Å². The van der Waals surface area contributed by atoms with Crippen molar-refractivity contribution in [2.45, 2.75) is 0 Å². The van der Waals surface area contributed by atoms with Crippen LogP contribution in [0.5, 0.6) is 17.2 Å². The van der Waals surface area contributed by atoms with Gasteiger partial charge in [-0.3, -0.25) is 4.79 Å². The van der Waals surface area contributed by atoms with Crippen LogP contribution in [0.25, 0.3) is 22.1 Å². The second-order valence-corrected chi connectivity index (χ2v) is 5.47. The fourth-order valence-electron chi connectivity index (χ4n) is 2.54. The molecule has 0 spiro atoms. The van der Waals surface area contributed by atoms with E-state index in [4.69, 9.17) is 24.4 Å². The van der Waals surface area contributed by atoms with Gasteiger partial charge in [-0.05, 0) is 30.3 Å². The van der Waals surface area contributed by atoms with Crippen molar-refractivity contribution >= 4 is 16.9 Å². The summed E-state index contributed by atoms with van der Waals surface area (Å²) in [5.41, 5.74) is 5.83. The van der Waals surface area contributed by atoms with Gasteiger partial charge in [-0.1, -0.05) is 0 Å². The summed E-state index contributed by atoms with van der Waals surface area (Å²) >= 11 is 0. The van der Waals surface area contributed by atoms with E-state index < -0.39 is 11.5 Å². The van der Waals surface area contributed by atoms with E-state index in [2.05, 4.69) is 0 Å². The number of primary amides is 1. The van der Waals surface area contributed by atoms with Crippen LogP contribution in [0.2, 0.25) is 0 Å². The molecule has 1 heterocycles. The van der Waals surface area contributed by atoms with Gasteiger partial charge >= 0.3 is 5.63 Å². The van der Waals surface area contributed by atoms with Crippen molar-refractivity contribution in [1.82, 2.24) is 0 Å². The maximum Gasteiger partial charge on any atom is 0.344 e. The van der Waals surface area contributed by atoms with Crippen LogP contribution in [-0.4, -0.2) is 26.7 Å². The molecule has 134 valence electrons. The topological polar surface area (TPSA) is 101 Å². The molecule has 0 unspecified atom stereocenters. The Kier molecular flexibility index (Phi) is 4.79. The summed E-state index contributed by atoms with van der Waals surface area (Å²) in [6.07, 6.45) is 0. The highest BCUT2D eigenvalue weighted by Gasteiger charge is 2.14. The van der Waals surface area contributed by atoms with Crippen molar-refractivity contribution < 1.29 is 23.4 Å². The van der Waals surface area contributed by atoms with Gasteiger partial charge in [0.25, 0.3) is 5.91 Å². The minimum Gasteiger partial charge on any atom is -0.497 e. The fourth-order valence-corrected chi connectivity index (χ4v) is 2.54. The molecule has 0 aliphatic heterocycles. The number of hydrogen-bond donors (Lipinski definition) is 1. The molecule has 0 saturated heterocycles. The molecule has 0 aliphatic carbocycles. The number of fused-ring (bicyclic) bond motifs is 1. The van der Waals surface area contributed by atoms with E-state index in [0.29, 0.717) is 39.3 Å². The van der Waals surface area contributed by atoms with E-state index in [1.807, 2.05) is 0 Å². The van der Waals surface area contributed by atoms with Crippen LogP contribution < -0.4 is 25.6 Å². The third kappa shape index (κ3) is 3.46. The molecule has 0 aliphatic rings. The zero-order chi connectivity index (χ0) is 18.7. The molecule has 0 radical (unpaired) electrons. The van der Waals surface area contributed by atoms with Crippen LogP contribution >= 0.6 is 0 Å². The molecule has 7 heteroatoms. The number of benzene rings is 2. The zero-order valence-electron chi connectivity index (χ0n) is 14.3. The highest BCUT2D eigenvalue weighted by molar-refractivity contribution is 5.84. The van der Waals surface area contributed by atoms with Gasteiger partial charge in [0.05, 0.1) is 19.8 Å². The first kappa shape index (κ1) is 17.3. The van der Waals surface area contributed by atoms with Crippen LogP contribution in [0.3, 0.4) is 0 Å². The lowest BCUT2D eigenvalue weighted by atomic mass is 10.0. The Morgan fingerprint density at radius 1 is 1.00 bits per heavy atom. The van der Waals surface area contributed by atoms with Crippen molar-refractivity contribution in [2.24, 2.45) is 5.73 Å². The first-order valence-corrected chi connectivity index (χ1v) is 7.73. The van der Waals surface area contributed by atoms with Gasteiger partial charge in [-0.2, -0.15) is 0 Å². The summed E-state index contributed by atoms with van der Waals surface area (Å²) in [5.74, 6) is 0.909. The zero-order valence-corrected chi connectivity index (χ0v) is 14.3. The average molecular weight is 355 g/mol. The lowest BCUT2D eigenvalue weighted by Gasteiger charge is -2.10. The van der Waals surface area contributed by atoms with Gasteiger partial charge in [0.2, 0.25) is 0 Å². The van der Waals surface area contributed by atoms with E-state index in [1.54, 1.807) is 43.5 Å². The normalized spacial score (nSPS) is 10.5. The molecule has 3 aromatic rings. The molecule has 0 saturated carbocycles. The molecule has 1 amide bonds. The lowest BCUT2D eigenvalue weighted by Crippen LogP contribution is -2.19. The van der Waals surface area contributed by atoms with E-state index >= 15 is 0 Å². The third-order valence-corrected chi connectivity index (χ3v) is 3.79. The number of ether oxygens (including phenoxy) is 3. The molecule has 0 fully saturated rings. The van der Waals surface area contributed by atoms with Crippen LogP contribution in [0.15, 0.2) is 51.7 Å². The number of carbonyl (C=O) groups excluding carboxylic acids is 1. The Bertz CT molecular complexity index is 1020. The number of rotatable bonds is 6. The van der Waals surface area contributed by atoms with Crippen LogP contribution in [0, 0.1) is 0 Å². The van der Waals surface area contributed by atoms with Gasteiger partial charge in [0.1, 0.15) is 22.8 Å². The minimum absolute atomic E-state index is 0.253. The Morgan fingerprint density at radius 3 is 2.46 bits per heavy atom. The van der Waals surface area contributed by atoms with Crippen molar-refractivity contribution in [1.29, 1.82) is 0 Å². The van der Waals surface area contributed by atoms with Gasteiger partial charge in [-0.25, -0.2) is 4.79 Å². The predicted molar refractivity (Wildman–Crippen MR) is 95.7 cm³/mol. The molecule has 0 bridgehead atoms. The number of carbonyl (C=O) groups is 1. The lowest BCUT2D eigenvalue weighted by molar-refractivity contribution is -0.119. The number of hydrogen-bond acceptors (Lipinski definition) is 6. The summed E-state index contributed by atoms with van der Waals surface area (Å²) in [7, 11) is 3.07. The van der Waals surface area contributed by atoms with Gasteiger partial charge in [0, 0.05) is 23.1 Å². The number of methoxy groups -OCH3 is 2. The van der Waals surface area contributed by atoms with Crippen molar-refractivity contribution in [3.05, 3.63) is 52.9 Å². The van der Waals surface area contributed by atoms with E-state index in [1.165, 1.54) is 13.2 Å². The molecule has 3 rings (SSSR count). The maximum absolute atomic E-state index is 12.5. The minimum atomic E-state index is -0.589. The number of nitrogens with two attached hydrogens (primary N) is 1. The summed E-state index contributed by atoms with van der Waals surface area (Å²) in [6.45, 7) is -0.253. The molecule has 26 heavy (non-hydrogen) atoms. The Hall–Kier alpha value is -3.48. The predicted octanol–water partition coefficient (Wildman–Crippen LogP) is 2.34. The summed E-state index contributed by atoms with van der Waals surface area (Å²) in [5, 5.41) is 0.698. The van der Waals surface area contributed by atoms with Gasteiger partial charge in [0.15, 0.2) is 6.61 Å². The molecular weight excluding hydrogens is 338 g/mol. The third-order valence-electron chi connectivity index (χ3n) is 3.79. The monoisotopic (exact) mass is 355 g/mol. The maximum atomic E-state index is 12.5. The van der Waals surface area contributed by atoms with Crippen molar-refractivity contribution in [3.63, 3.8) is 0 Å². The molecule has 0 atom stereocenters. The average Bonchev–Trinajstić information content (AvgIpc) is 2.65. The fraction of sp³-hybridized carbons (Fsp3) is 0.158. The van der Waals surface area contributed by atoms with Crippen LogP contribution in [0.1, 0.15) is 0 Å². The first-order chi connectivity index (χ1) is 12.5. The SMILES string of the molecule is COc1ccc(-c2cc3ccc(OCC(N)=O)cc3oc2=O)c(OC)c1. The Balaban J connectivity index is 2.06. The molecule has 1 aromatic heterocycles. The van der Waals surface area contributed by atoms with Crippen molar-refractivity contribution in [2.75, 3.05) is 20.8 Å². The molecular formula is C19H17NO6. The summed E-state index contributed by atoms with van der Waals surface area (Å²) in [6, 6.07) is 11.8. The van der Waals surface area contributed by atoms with E-state index in [0.717, 1.165) is 0 Å². The summed E-state index contributed by atoms with van der Waals surface area (Å²) < 4.78 is 21.2. The first-order valence-electron chi connectivity index (χ1n) is 7.73. The van der Waals surface area contributed by atoms with Crippen molar-refractivity contribution in [3.8, 4) is 28.4 Å². The molecule has 7 nitrogen and oxygen atoms in total. The second kappa shape index (κ2) is 7.18. The Labute approximate surface area is 148 Å².